The Hall–Kier alpha value is -2.82. The highest BCUT2D eigenvalue weighted by Crippen LogP contribution is 2.48. The summed E-state index contributed by atoms with van der Waals surface area (Å²) >= 11 is 0. The summed E-state index contributed by atoms with van der Waals surface area (Å²) in [6.45, 7) is 2.18. The lowest BCUT2D eigenvalue weighted by Crippen LogP contribution is -2.41. The lowest BCUT2D eigenvalue weighted by molar-refractivity contribution is -0.132. The average Bonchev–Trinajstić information content (AvgIpc) is 3.57. The van der Waals surface area contributed by atoms with E-state index < -0.39 is 5.41 Å². The number of amides is 2. The van der Waals surface area contributed by atoms with Crippen molar-refractivity contribution >= 4 is 28.9 Å². The fraction of sp³-hybridized carbons (Fsp3) is 0.391. The van der Waals surface area contributed by atoms with Crippen molar-refractivity contribution in [1.29, 1.82) is 0 Å². The summed E-state index contributed by atoms with van der Waals surface area (Å²) in [6.07, 6.45) is 4.97. The Kier molecular flexibility index (Phi) is 5.07. The van der Waals surface area contributed by atoms with Gasteiger partial charge >= 0.3 is 0 Å². The molecule has 2 aromatic rings. The van der Waals surface area contributed by atoms with Crippen LogP contribution in [0.1, 0.15) is 32.1 Å². The Balaban J connectivity index is 1.42. The first-order valence-corrected chi connectivity index (χ1v) is 10.1. The van der Waals surface area contributed by atoms with E-state index in [1.54, 1.807) is 11.9 Å². The van der Waals surface area contributed by atoms with Crippen molar-refractivity contribution in [3.05, 3.63) is 54.6 Å². The second-order valence-electron chi connectivity index (χ2n) is 7.83. The monoisotopic (exact) mass is 377 g/mol. The quantitative estimate of drug-likeness (QED) is 0.800. The molecule has 0 aromatic heterocycles. The normalized spacial score (nSPS) is 17.7. The number of benzene rings is 2. The molecule has 1 aliphatic heterocycles. The molecule has 1 heterocycles. The van der Waals surface area contributed by atoms with Crippen LogP contribution < -0.4 is 15.1 Å². The summed E-state index contributed by atoms with van der Waals surface area (Å²) < 4.78 is 0. The van der Waals surface area contributed by atoms with Crippen molar-refractivity contribution in [3.63, 3.8) is 0 Å². The van der Waals surface area contributed by atoms with Crippen LogP contribution in [0.5, 0.6) is 0 Å². The van der Waals surface area contributed by atoms with Crippen LogP contribution in [0.4, 0.5) is 17.1 Å². The van der Waals surface area contributed by atoms with Crippen LogP contribution in [0, 0.1) is 5.41 Å². The van der Waals surface area contributed by atoms with Gasteiger partial charge in [0.1, 0.15) is 5.41 Å². The molecule has 1 N–H and O–H groups in total. The van der Waals surface area contributed by atoms with Crippen molar-refractivity contribution in [3.8, 4) is 0 Å². The van der Waals surface area contributed by atoms with Gasteiger partial charge in [-0.3, -0.25) is 9.59 Å². The third kappa shape index (κ3) is 3.61. The summed E-state index contributed by atoms with van der Waals surface area (Å²) in [5, 5.41) is 2.96. The largest absolute Gasteiger partial charge is 0.372 e. The van der Waals surface area contributed by atoms with E-state index in [2.05, 4.69) is 22.3 Å². The summed E-state index contributed by atoms with van der Waals surface area (Å²) in [7, 11) is 1.73. The van der Waals surface area contributed by atoms with Crippen molar-refractivity contribution in [2.24, 2.45) is 5.41 Å². The Morgan fingerprint density at radius 1 is 0.929 bits per heavy atom. The number of rotatable bonds is 5. The lowest BCUT2D eigenvalue weighted by Gasteiger charge is -2.29. The number of carbonyl (C=O) groups excluding carboxylic acids is 2. The van der Waals surface area contributed by atoms with Crippen LogP contribution in [0.2, 0.25) is 0 Å². The van der Waals surface area contributed by atoms with Crippen molar-refractivity contribution in [2.45, 2.75) is 32.1 Å². The van der Waals surface area contributed by atoms with Crippen LogP contribution in [0.15, 0.2) is 54.6 Å². The van der Waals surface area contributed by atoms with Gasteiger partial charge in [-0.15, -0.1) is 0 Å². The molecule has 1 saturated heterocycles. The van der Waals surface area contributed by atoms with Gasteiger partial charge in [0.25, 0.3) is 0 Å². The second kappa shape index (κ2) is 7.66. The first-order valence-electron chi connectivity index (χ1n) is 10.1. The van der Waals surface area contributed by atoms with Gasteiger partial charge in [0.2, 0.25) is 11.8 Å². The van der Waals surface area contributed by atoms with Gasteiger partial charge in [0.15, 0.2) is 0 Å². The van der Waals surface area contributed by atoms with Crippen LogP contribution >= 0.6 is 0 Å². The van der Waals surface area contributed by atoms with Gasteiger partial charge in [-0.2, -0.15) is 0 Å². The van der Waals surface area contributed by atoms with E-state index in [0.717, 1.165) is 24.5 Å². The Morgan fingerprint density at radius 2 is 1.57 bits per heavy atom. The molecule has 2 aromatic carbocycles. The lowest BCUT2D eigenvalue weighted by atomic mass is 10.0. The maximum Gasteiger partial charge on any atom is 0.242 e. The van der Waals surface area contributed by atoms with Crippen LogP contribution in [0.25, 0.3) is 0 Å². The Morgan fingerprint density at radius 3 is 2.18 bits per heavy atom. The minimum absolute atomic E-state index is 0.138. The highest BCUT2D eigenvalue weighted by atomic mass is 16.2. The highest BCUT2D eigenvalue weighted by Gasteiger charge is 2.57. The third-order valence-corrected chi connectivity index (χ3v) is 5.89. The zero-order valence-electron chi connectivity index (χ0n) is 16.4. The summed E-state index contributed by atoms with van der Waals surface area (Å²) in [5.74, 6) is -0.341. The number of para-hydroxylation sites is 1. The molecular weight excluding hydrogens is 350 g/mol. The van der Waals surface area contributed by atoms with E-state index in [0.29, 0.717) is 12.8 Å². The van der Waals surface area contributed by atoms with Crippen LogP contribution in [-0.4, -0.2) is 32.0 Å². The van der Waals surface area contributed by atoms with E-state index >= 15 is 0 Å². The fourth-order valence-electron chi connectivity index (χ4n) is 3.91. The van der Waals surface area contributed by atoms with E-state index in [1.165, 1.54) is 24.9 Å². The van der Waals surface area contributed by atoms with E-state index in [4.69, 9.17) is 0 Å². The molecule has 0 bridgehead atoms. The summed E-state index contributed by atoms with van der Waals surface area (Å²) in [5.41, 5.74) is 1.80. The number of hydrogen-bond acceptors (Lipinski definition) is 3. The Bertz CT molecular complexity index is 838. The molecule has 0 spiro atoms. The Labute approximate surface area is 166 Å². The van der Waals surface area contributed by atoms with Gasteiger partial charge in [0.05, 0.1) is 0 Å². The minimum atomic E-state index is -0.934. The molecular formula is C23H27N3O2. The molecule has 5 heteroatoms. The SMILES string of the molecule is CN(C(=O)C1(C(=O)Nc2ccc(N3CCCCC3)cc2)CC1)c1ccccc1. The van der Waals surface area contributed by atoms with Crippen molar-refractivity contribution in [1.82, 2.24) is 0 Å². The molecule has 2 fully saturated rings. The number of carbonyl (C=O) groups is 2. The molecule has 4 rings (SSSR count). The number of hydrogen-bond donors (Lipinski definition) is 1. The average molecular weight is 377 g/mol. The fourth-order valence-corrected chi connectivity index (χ4v) is 3.91. The summed E-state index contributed by atoms with van der Waals surface area (Å²) in [6, 6.07) is 17.4. The van der Waals surface area contributed by atoms with Crippen LogP contribution in [-0.2, 0) is 9.59 Å². The van der Waals surface area contributed by atoms with E-state index in [1.807, 2.05) is 42.5 Å². The highest BCUT2D eigenvalue weighted by molar-refractivity contribution is 6.17. The maximum absolute atomic E-state index is 13.0. The van der Waals surface area contributed by atoms with Crippen molar-refractivity contribution < 1.29 is 9.59 Å². The number of piperidine rings is 1. The molecule has 2 aliphatic rings. The number of nitrogens with one attached hydrogen (secondary N) is 1. The third-order valence-electron chi connectivity index (χ3n) is 5.89. The molecule has 0 unspecified atom stereocenters. The second-order valence-corrected chi connectivity index (χ2v) is 7.83. The molecule has 1 aliphatic carbocycles. The molecule has 28 heavy (non-hydrogen) atoms. The van der Waals surface area contributed by atoms with Gasteiger partial charge < -0.3 is 15.1 Å². The van der Waals surface area contributed by atoms with Crippen molar-refractivity contribution in [2.75, 3.05) is 35.3 Å². The predicted octanol–water partition coefficient (Wildman–Crippen LogP) is 4.06. The zero-order chi connectivity index (χ0) is 19.6. The van der Waals surface area contributed by atoms with Gasteiger partial charge in [-0.25, -0.2) is 0 Å². The van der Waals surface area contributed by atoms with E-state index in [-0.39, 0.29) is 11.8 Å². The topological polar surface area (TPSA) is 52.7 Å². The molecule has 0 atom stereocenters. The summed E-state index contributed by atoms with van der Waals surface area (Å²) in [4.78, 5) is 29.8. The molecule has 1 saturated carbocycles. The standard InChI is InChI=1S/C23H27N3O2/c1-25(19-8-4-2-5-9-19)22(28)23(14-15-23)21(27)24-18-10-12-20(13-11-18)26-16-6-3-7-17-26/h2,4-5,8-13H,3,6-7,14-17H2,1H3,(H,24,27). The molecule has 0 radical (unpaired) electrons. The number of anilines is 3. The van der Waals surface area contributed by atoms with Gasteiger partial charge in [-0.1, -0.05) is 18.2 Å². The first kappa shape index (κ1) is 18.5. The van der Waals surface area contributed by atoms with Crippen LogP contribution in [0.3, 0.4) is 0 Å². The first-order chi connectivity index (χ1) is 13.6. The predicted molar refractivity (Wildman–Crippen MR) is 113 cm³/mol. The smallest absolute Gasteiger partial charge is 0.242 e. The maximum atomic E-state index is 13.0. The minimum Gasteiger partial charge on any atom is -0.372 e. The van der Waals surface area contributed by atoms with Gasteiger partial charge in [0, 0.05) is 37.2 Å². The number of nitrogens with zero attached hydrogens (tertiary/aromatic N) is 2. The van der Waals surface area contributed by atoms with Gasteiger partial charge in [-0.05, 0) is 68.5 Å². The zero-order valence-corrected chi connectivity index (χ0v) is 16.4. The molecule has 146 valence electrons. The van der Waals surface area contributed by atoms with E-state index in [9.17, 15) is 9.59 Å². The molecule has 2 amide bonds. The molecule has 5 nitrogen and oxygen atoms in total.